The van der Waals surface area contributed by atoms with Crippen LogP contribution in [0.15, 0.2) is 29.6 Å². The van der Waals surface area contributed by atoms with Crippen LogP contribution in [0.4, 0.5) is 0 Å². The molecule has 2 aromatic rings. The first-order valence-corrected chi connectivity index (χ1v) is 7.46. The summed E-state index contributed by atoms with van der Waals surface area (Å²) in [4.78, 5) is 1.34. The van der Waals surface area contributed by atoms with Crippen LogP contribution in [-0.4, -0.2) is 13.7 Å². The minimum Gasteiger partial charge on any atom is -0.496 e. The molecule has 0 aliphatic rings. The van der Waals surface area contributed by atoms with Crippen molar-refractivity contribution in [1.29, 1.82) is 0 Å². The highest BCUT2D eigenvalue weighted by atomic mass is 32.1. The highest BCUT2D eigenvalue weighted by Gasteiger charge is 2.15. The van der Waals surface area contributed by atoms with Crippen molar-refractivity contribution in [2.45, 2.75) is 26.8 Å². The summed E-state index contributed by atoms with van der Waals surface area (Å²) in [5.41, 5.74) is 3.75. The molecule has 1 unspecified atom stereocenters. The van der Waals surface area contributed by atoms with E-state index in [-0.39, 0.29) is 6.04 Å². The highest BCUT2D eigenvalue weighted by molar-refractivity contribution is 7.10. The SMILES string of the molecule is CCNC(c1csc(C)c1)c1ccc(C)c(OC)c1. The molecule has 0 fully saturated rings. The zero-order chi connectivity index (χ0) is 13.8. The monoisotopic (exact) mass is 275 g/mol. The third-order valence-electron chi connectivity index (χ3n) is 3.26. The second-order valence-corrected chi connectivity index (χ2v) is 5.83. The lowest BCUT2D eigenvalue weighted by molar-refractivity contribution is 0.410. The van der Waals surface area contributed by atoms with Crippen molar-refractivity contribution in [1.82, 2.24) is 5.32 Å². The average molecular weight is 275 g/mol. The number of rotatable bonds is 5. The van der Waals surface area contributed by atoms with Crippen molar-refractivity contribution in [3.05, 3.63) is 51.2 Å². The fourth-order valence-electron chi connectivity index (χ4n) is 2.26. The van der Waals surface area contributed by atoms with Gasteiger partial charge < -0.3 is 10.1 Å². The molecule has 0 saturated heterocycles. The highest BCUT2D eigenvalue weighted by Crippen LogP contribution is 2.29. The van der Waals surface area contributed by atoms with Crippen molar-refractivity contribution < 1.29 is 4.74 Å². The molecule has 2 rings (SSSR count). The normalized spacial score (nSPS) is 12.4. The molecule has 19 heavy (non-hydrogen) atoms. The molecule has 1 aromatic heterocycles. The number of benzene rings is 1. The van der Waals surface area contributed by atoms with Crippen LogP contribution < -0.4 is 10.1 Å². The zero-order valence-electron chi connectivity index (χ0n) is 12.0. The van der Waals surface area contributed by atoms with Gasteiger partial charge in [-0.15, -0.1) is 11.3 Å². The largest absolute Gasteiger partial charge is 0.496 e. The molecule has 0 spiro atoms. The van der Waals surface area contributed by atoms with Gasteiger partial charge in [0.25, 0.3) is 0 Å². The van der Waals surface area contributed by atoms with E-state index in [0.717, 1.165) is 12.3 Å². The van der Waals surface area contributed by atoms with Gasteiger partial charge in [-0.2, -0.15) is 0 Å². The Hall–Kier alpha value is -1.32. The molecule has 0 saturated carbocycles. The predicted molar refractivity (Wildman–Crippen MR) is 82.3 cm³/mol. The third-order valence-corrected chi connectivity index (χ3v) is 4.14. The van der Waals surface area contributed by atoms with E-state index in [1.165, 1.54) is 21.6 Å². The van der Waals surface area contributed by atoms with Crippen LogP contribution >= 0.6 is 11.3 Å². The third kappa shape index (κ3) is 3.17. The zero-order valence-corrected chi connectivity index (χ0v) is 12.8. The second kappa shape index (κ2) is 6.22. The second-order valence-electron chi connectivity index (χ2n) is 4.71. The van der Waals surface area contributed by atoms with Crippen LogP contribution in [0.3, 0.4) is 0 Å². The summed E-state index contributed by atoms with van der Waals surface area (Å²) in [6, 6.07) is 8.93. The van der Waals surface area contributed by atoms with Gasteiger partial charge in [0.1, 0.15) is 5.75 Å². The topological polar surface area (TPSA) is 21.3 Å². The van der Waals surface area contributed by atoms with Gasteiger partial charge in [-0.05, 0) is 54.6 Å². The standard InChI is InChI=1S/C16H21NOS/c1-5-17-16(14-8-12(3)19-10-14)13-7-6-11(2)15(9-13)18-4/h6-10,16-17H,5H2,1-4H3. The van der Waals surface area contributed by atoms with Crippen LogP contribution in [0.2, 0.25) is 0 Å². The van der Waals surface area contributed by atoms with Crippen LogP contribution in [0.5, 0.6) is 5.75 Å². The molecular weight excluding hydrogens is 254 g/mol. The minimum atomic E-state index is 0.240. The lowest BCUT2D eigenvalue weighted by Crippen LogP contribution is -2.21. The summed E-state index contributed by atoms with van der Waals surface area (Å²) in [5, 5.41) is 5.78. The summed E-state index contributed by atoms with van der Waals surface area (Å²) in [6.07, 6.45) is 0. The molecule has 1 aromatic carbocycles. The van der Waals surface area contributed by atoms with E-state index >= 15 is 0 Å². The van der Waals surface area contributed by atoms with E-state index in [4.69, 9.17) is 4.74 Å². The molecule has 1 atom stereocenters. The van der Waals surface area contributed by atoms with E-state index in [2.05, 4.69) is 55.7 Å². The molecule has 1 heterocycles. The Morgan fingerprint density at radius 1 is 1.21 bits per heavy atom. The maximum Gasteiger partial charge on any atom is 0.122 e. The Labute approximate surface area is 119 Å². The molecular formula is C16H21NOS. The van der Waals surface area contributed by atoms with Gasteiger partial charge in [-0.3, -0.25) is 0 Å². The number of hydrogen-bond acceptors (Lipinski definition) is 3. The van der Waals surface area contributed by atoms with Gasteiger partial charge in [-0.25, -0.2) is 0 Å². The molecule has 2 nitrogen and oxygen atoms in total. The molecule has 3 heteroatoms. The Balaban J connectivity index is 2.38. The van der Waals surface area contributed by atoms with Gasteiger partial charge >= 0.3 is 0 Å². The summed E-state index contributed by atoms with van der Waals surface area (Å²) in [5.74, 6) is 0.951. The van der Waals surface area contributed by atoms with E-state index in [1.807, 2.05) is 0 Å². The molecule has 0 aliphatic heterocycles. The molecule has 0 amide bonds. The average Bonchev–Trinajstić information content (AvgIpc) is 2.83. The number of hydrogen-bond donors (Lipinski definition) is 1. The van der Waals surface area contributed by atoms with Crippen LogP contribution in [-0.2, 0) is 0 Å². The lowest BCUT2D eigenvalue weighted by atomic mass is 9.99. The molecule has 1 N–H and O–H groups in total. The van der Waals surface area contributed by atoms with Gasteiger partial charge in [0, 0.05) is 4.88 Å². The fourth-order valence-corrected chi connectivity index (χ4v) is 2.99. The van der Waals surface area contributed by atoms with Gasteiger partial charge in [0.15, 0.2) is 0 Å². The first kappa shape index (κ1) is 14.1. The van der Waals surface area contributed by atoms with Crippen molar-refractivity contribution in [3.63, 3.8) is 0 Å². The maximum absolute atomic E-state index is 5.43. The van der Waals surface area contributed by atoms with Crippen LogP contribution in [0.1, 0.15) is 34.5 Å². The summed E-state index contributed by atoms with van der Waals surface area (Å²) < 4.78 is 5.43. The van der Waals surface area contributed by atoms with Crippen LogP contribution in [0.25, 0.3) is 0 Å². The molecule has 0 aliphatic carbocycles. The molecule has 102 valence electrons. The number of aryl methyl sites for hydroxylation is 2. The van der Waals surface area contributed by atoms with E-state index in [0.29, 0.717) is 0 Å². The fraction of sp³-hybridized carbons (Fsp3) is 0.375. The predicted octanol–water partition coefficient (Wildman–Crippen LogP) is 4.07. The number of methoxy groups -OCH3 is 1. The summed E-state index contributed by atoms with van der Waals surface area (Å²) in [6.45, 7) is 7.29. The first-order chi connectivity index (χ1) is 9.15. The van der Waals surface area contributed by atoms with Crippen molar-refractivity contribution in [2.75, 3.05) is 13.7 Å². The van der Waals surface area contributed by atoms with E-state index in [9.17, 15) is 0 Å². The Kier molecular flexibility index (Phi) is 4.61. The molecule has 0 bridgehead atoms. The van der Waals surface area contributed by atoms with Crippen molar-refractivity contribution in [3.8, 4) is 5.75 Å². The Bertz CT molecular complexity index is 547. The smallest absolute Gasteiger partial charge is 0.122 e. The number of ether oxygens (including phenoxy) is 1. The van der Waals surface area contributed by atoms with Crippen molar-refractivity contribution in [2.24, 2.45) is 0 Å². The number of nitrogens with one attached hydrogen (secondary N) is 1. The Morgan fingerprint density at radius 2 is 2.00 bits per heavy atom. The first-order valence-electron chi connectivity index (χ1n) is 6.58. The summed E-state index contributed by atoms with van der Waals surface area (Å²) >= 11 is 1.80. The number of thiophene rings is 1. The van der Waals surface area contributed by atoms with Gasteiger partial charge in [-0.1, -0.05) is 19.1 Å². The molecule has 0 radical (unpaired) electrons. The van der Waals surface area contributed by atoms with Crippen LogP contribution in [0, 0.1) is 13.8 Å². The van der Waals surface area contributed by atoms with Gasteiger partial charge in [0.05, 0.1) is 13.2 Å². The lowest BCUT2D eigenvalue weighted by Gasteiger charge is -2.19. The summed E-state index contributed by atoms with van der Waals surface area (Å²) in [7, 11) is 1.73. The van der Waals surface area contributed by atoms with E-state index in [1.54, 1.807) is 18.4 Å². The van der Waals surface area contributed by atoms with Gasteiger partial charge in [0.2, 0.25) is 0 Å². The quantitative estimate of drug-likeness (QED) is 0.888. The maximum atomic E-state index is 5.43. The van der Waals surface area contributed by atoms with Crippen molar-refractivity contribution >= 4 is 11.3 Å². The van der Waals surface area contributed by atoms with E-state index < -0.39 is 0 Å². The minimum absolute atomic E-state index is 0.240. The Morgan fingerprint density at radius 3 is 2.58 bits per heavy atom.